The Morgan fingerprint density at radius 3 is 2.56 bits per heavy atom. The Kier molecular flexibility index (Phi) is 3.70. The molecule has 0 aliphatic rings. The lowest BCUT2D eigenvalue weighted by Gasteiger charge is -2.09. The number of aromatic nitrogens is 4. The van der Waals surface area contributed by atoms with Gasteiger partial charge in [-0.1, -0.05) is 0 Å². The van der Waals surface area contributed by atoms with Gasteiger partial charge in [-0.3, -0.25) is 9.97 Å². The maximum atomic E-state index is 9.41. The van der Waals surface area contributed by atoms with Crippen LogP contribution in [0, 0.1) is 6.92 Å². The molecule has 0 atom stereocenters. The van der Waals surface area contributed by atoms with Crippen LogP contribution in [0.4, 0.5) is 11.4 Å². The van der Waals surface area contributed by atoms with Crippen LogP contribution in [0.3, 0.4) is 0 Å². The second-order valence-electron chi connectivity index (χ2n) is 5.63. The SMILES string of the molecule is Cc1ncccc1Nc1cnc2cnc(-c3ccc(O)cc3)nc2c1. The predicted molar refractivity (Wildman–Crippen MR) is 96.7 cm³/mol. The zero-order valence-corrected chi connectivity index (χ0v) is 13.5. The highest BCUT2D eigenvalue weighted by atomic mass is 16.3. The van der Waals surface area contributed by atoms with Crippen molar-refractivity contribution >= 4 is 22.4 Å². The van der Waals surface area contributed by atoms with Gasteiger partial charge in [0.15, 0.2) is 5.82 Å². The summed E-state index contributed by atoms with van der Waals surface area (Å²) in [6, 6.07) is 12.6. The van der Waals surface area contributed by atoms with Crippen molar-refractivity contribution in [3.63, 3.8) is 0 Å². The van der Waals surface area contributed by atoms with Gasteiger partial charge in [-0.05, 0) is 49.4 Å². The van der Waals surface area contributed by atoms with E-state index in [0.717, 1.165) is 33.7 Å². The molecule has 122 valence electrons. The van der Waals surface area contributed by atoms with Crippen molar-refractivity contribution in [2.24, 2.45) is 0 Å². The third-order valence-corrected chi connectivity index (χ3v) is 3.84. The molecule has 3 aromatic heterocycles. The van der Waals surface area contributed by atoms with Gasteiger partial charge in [0.1, 0.15) is 11.3 Å². The van der Waals surface area contributed by atoms with Crippen molar-refractivity contribution in [1.82, 2.24) is 19.9 Å². The predicted octanol–water partition coefficient (Wildman–Crippen LogP) is 3.84. The standard InChI is InChI=1S/C19H15N5O/c1-12-16(3-2-8-20-12)23-14-9-17-18(21-10-14)11-22-19(24-17)13-4-6-15(25)7-5-13/h2-11,23,25H,1H3. The normalized spacial score (nSPS) is 10.8. The Morgan fingerprint density at radius 1 is 0.920 bits per heavy atom. The lowest BCUT2D eigenvalue weighted by atomic mass is 10.2. The Balaban J connectivity index is 1.71. The van der Waals surface area contributed by atoms with E-state index in [1.54, 1.807) is 42.9 Å². The topological polar surface area (TPSA) is 83.8 Å². The van der Waals surface area contributed by atoms with Gasteiger partial charge in [-0.15, -0.1) is 0 Å². The summed E-state index contributed by atoms with van der Waals surface area (Å²) in [5.41, 5.74) is 4.97. The van der Waals surface area contributed by atoms with Crippen LogP contribution in [0.1, 0.15) is 5.69 Å². The van der Waals surface area contributed by atoms with Gasteiger partial charge < -0.3 is 10.4 Å². The van der Waals surface area contributed by atoms with E-state index in [1.807, 2.05) is 25.1 Å². The largest absolute Gasteiger partial charge is 0.508 e. The van der Waals surface area contributed by atoms with Crippen LogP contribution in [0.2, 0.25) is 0 Å². The molecule has 0 amide bonds. The van der Waals surface area contributed by atoms with E-state index in [4.69, 9.17) is 0 Å². The van der Waals surface area contributed by atoms with Crippen LogP contribution in [0.15, 0.2) is 61.1 Å². The zero-order valence-electron chi connectivity index (χ0n) is 13.5. The Hall–Kier alpha value is -3.54. The fourth-order valence-electron chi connectivity index (χ4n) is 2.51. The molecule has 0 radical (unpaired) electrons. The van der Waals surface area contributed by atoms with Crippen molar-refractivity contribution < 1.29 is 5.11 Å². The van der Waals surface area contributed by atoms with Gasteiger partial charge in [0.25, 0.3) is 0 Å². The fourth-order valence-corrected chi connectivity index (χ4v) is 2.51. The molecule has 0 bridgehead atoms. The molecular weight excluding hydrogens is 314 g/mol. The third-order valence-electron chi connectivity index (χ3n) is 3.84. The number of pyridine rings is 2. The molecule has 4 rings (SSSR count). The summed E-state index contributed by atoms with van der Waals surface area (Å²) < 4.78 is 0. The van der Waals surface area contributed by atoms with Crippen molar-refractivity contribution in [3.8, 4) is 17.1 Å². The maximum Gasteiger partial charge on any atom is 0.159 e. The van der Waals surface area contributed by atoms with Crippen LogP contribution in [0.5, 0.6) is 5.75 Å². The number of rotatable bonds is 3. The van der Waals surface area contributed by atoms with E-state index in [-0.39, 0.29) is 5.75 Å². The zero-order chi connectivity index (χ0) is 17.2. The molecule has 4 aromatic rings. The molecule has 2 N–H and O–H groups in total. The van der Waals surface area contributed by atoms with E-state index < -0.39 is 0 Å². The van der Waals surface area contributed by atoms with Crippen LogP contribution >= 0.6 is 0 Å². The summed E-state index contributed by atoms with van der Waals surface area (Å²) >= 11 is 0. The molecule has 0 spiro atoms. The van der Waals surface area contributed by atoms with Crippen molar-refractivity contribution in [3.05, 3.63) is 66.7 Å². The lowest BCUT2D eigenvalue weighted by molar-refractivity contribution is 0.475. The first-order chi connectivity index (χ1) is 12.2. The Labute approximate surface area is 144 Å². The highest BCUT2D eigenvalue weighted by molar-refractivity contribution is 5.80. The van der Waals surface area contributed by atoms with Crippen LogP contribution in [-0.2, 0) is 0 Å². The number of fused-ring (bicyclic) bond motifs is 1. The number of hydrogen-bond acceptors (Lipinski definition) is 6. The first kappa shape index (κ1) is 15.0. The molecule has 6 nitrogen and oxygen atoms in total. The van der Waals surface area contributed by atoms with Crippen molar-refractivity contribution in [1.29, 1.82) is 0 Å². The van der Waals surface area contributed by atoms with E-state index >= 15 is 0 Å². The average molecular weight is 329 g/mol. The Bertz CT molecular complexity index is 1050. The van der Waals surface area contributed by atoms with E-state index in [2.05, 4.69) is 25.3 Å². The Morgan fingerprint density at radius 2 is 1.76 bits per heavy atom. The molecule has 6 heteroatoms. The van der Waals surface area contributed by atoms with Crippen LogP contribution < -0.4 is 5.32 Å². The molecule has 0 aliphatic heterocycles. The quantitative estimate of drug-likeness (QED) is 0.594. The summed E-state index contributed by atoms with van der Waals surface area (Å²) in [6.45, 7) is 1.95. The summed E-state index contributed by atoms with van der Waals surface area (Å²) in [7, 11) is 0. The number of benzene rings is 1. The van der Waals surface area contributed by atoms with Gasteiger partial charge >= 0.3 is 0 Å². The van der Waals surface area contributed by atoms with Crippen LogP contribution in [-0.4, -0.2) is 25.0 Å². The molecule has 0 saturated carbocycles. The summed E-state index contributed by atoms with van der Waals surface area (Å²) in [5.74, 6) is 0.800. The first-order valence-electron chi connectivity index (χ1n) is 7.80. The molecule has 25 heavy (non-hydrogen) atoms. The number of phenolic OH excluding ortho intramolecular Hbond substituents is 1. The molecule has 3 heterocycles. The molecule has 0 aliphatic carbocycles. The monoisotopic (exact) mass is 329 g/mol. The number of aromatic hydroxyl groups is 1. The van der Waals surface area contributed by atoms with E-state index in [9.17, 15) is 5.11 Å². The van der Waals surface area contributed by atoms with Gasteiger partial charge in [0, 0.05) is 11.8 Å². The van der Waals surface area contributed by atoms with E-state index in [0.29, 0.717) is 5.82 Å². The minimum atomic E-state index is 0.213. The molecule has 1 aromatic carbocycles. The minimum absolute atomic E-state index is 0.213. The number of aryl methyl sites for hydroxylation is 1. The molecule has 0 saturated heterocycles. The second kappa shape index (κ2) is 6.16. The van der Waals surface area contributed by atoms with Gasteiger partial charge in [-0.2, -0.15) is 0 Å². The summed E-state index contributed by atoms with van der Waals surface area (Å²) in [4.78, 5) is 17.6. The highest BCUT2D eigenvalue weighted by Crippen LogP contribution is 2.23. The number of nitrogens with zero attached hydrogens (tertiary/aromatic N) is 4. The number of phenols is 1. The van der Waals surface area contributed by atoms with Gasteiger partial charge in [-0.25, -0.2) is 9.97 Å². The highest BCUT2D eigenvalue weighted by Gasteiger charge is 2.06. The number of anilines is 2. The van der Waals surface area contributed by atoms with Crippen molar-refractivity contribution in [2.45, 2.75) is 6.92 Å². The molecule has 0 fully saturated rings. The first-order valence-corrected chi connectivity index (χ1v) is 7.80. The average Bonchev–Trinajstić information content (AvgIpc) is 2.64. The maximum absolute atomic E-state index is 9.41. The lowest BCUT2D eigenvalue weighted by Crippen LogP contribution is -1.97. The third kappa shape index (κ3) is 3.10. The number of hydrogen-bond donors (Lipinski definition) is 2. The second-order valence-corrected chi connectivity index (χ2v) is 5.63. The number of nitrogens with one attached hydrogen (secondary N) is 1. The van der Waals surface area contributed by atoms with Gasteiger partial charge in [0.2, 0.25) is 0 Å². The summed E-state index contributed by atoms with van der Waals surface area (Å²) in [6.07, 6.45) is 5.21. The van der Waals surface area contributed by atoms with Gasteiger partial charge in [0.05, 0.1) is 35.0 Å². The smallest absolute Gasteiger partial charge is 0.159 e. The van der Waals surface area contributed by atoms with E-state index in [1.165, 1.54) is 0 Å². The minimum Gasteiger partial charge on any atom is -0.508 e. The summed E-state index contributed by atoms with van der Waals surface area (Å²) in [5, 5.41) is 12.7. The van der Waals surface area contributed by atoms with Crippen molar-refractivity contribution in [2.75, 3.05) is 5.32 Å². The van der Waals surface area contributed by atoms with Crippen LogP contribution in [0.25, 0.3) is 22.4 Å². The fraction of sp³-hybridized carbons (Fsp3) is 0.0526. The molecule has 0 unspecified atom stereocenters. The molecular formula is C19H15N5O.